The molecule has 0 spiro atoms. The van der Waals surface area contributed by atoms with E-state index in [1.807, 2.05) is 19.1 Å². The van der Waals surface area contributed by atoms with Gasteiger partial charge in [-0.15, -0.1) is 0 Å². The predicted molar refractivity (Wildman–Crippen MR) is 76.0 cm³/mol. The maximum Gasteiger partial charge on any atom is 0.387 e. The minimum atomic E-state index is -2.79. The Bertz CT molecular complexity index is 460. The fourth-order valence-corrected chi connectivity index (χ4v) is 2.57. The SMILES string of the molecule is CC(NCCC1=CCCC1)c1ccccc1OC(F)F. The van der Waals surface area contributed by atoms with Crippen molar-refractivity contribution < 1.29 is 13.5 Å². The lowest BCUT2D eigenvalue weighted by atomic mass is 10.1. The second-order valence-corrected chi connectivity index (χ2v) is 5.10. The van der Waals surface area contributed by atoms with Crippen molar-refractivity contribution >= 4 is 0 Å². The second-order valence-electron chi connectivity index (χ2n) is 5.10. The largest absolute Gasteiger partial charge is 0.434 e. The topological polar surface area (TPSA) is 21.3 Å². The summed E-state index contributed by atoms with van der Waals surface area (Å²) >= 11 is 0. The molecule has 1 aromatic carbocycles. The summed E-state index contributed by atoms with van der Waals surface area (Å²) < 4.78 is 29.3. The standard InChI is InChI=1S/C16H21F2NO/c1-12(19-11-10-13-6-2-3-7-13)14-8-4-5-9-15(14)20-16(17)18/h4-6,8-9,12,16,19H,2-3,7,10-11H2,1H3. The van der Waals surface area contributed by atoms with Gasteiger partial charge in [-0.3, -0.25) is 0 Å². The molecule has 20 heavy (non-hydrogen) atoms. The lowest BCUT2D eigenvalue weighted by Gasteiger charge is -2.18. The fourth-order valence-electron chi connectivity index (χ4n) is 2.57. The number of hydrogen-bond acceptors (Lipinski definition) is 2. The first-order valence-electron chi connectivity index (χ1n) is 7.12. The molecule has 2 nitrogen and oxygen atoms in total. The van der Waals surface area contributed by atoms with Crippen LogP contribution < -0.4 is 10.1 Å². The summed E-state index contributed by atoms with van der Waals surface area (Å²) in [5.41, 5.74) is 2.27. The minimum absolute atomic E-state index is 0.00745. The van der Waals surface area contributed by atoms with E-state index in [0.717, 1.165) is 18.5 Å². The van der Waals surface area contributed by atoms with Crippen molar-refractivity contribution in [1.29, 1.82) is 0 Å². The molecule has 1 aliphatic rings. The van der Waals surface area contributed by atoms with Gasteiger partial charge in [0.2, 0.25) is 0 Å². The lowest BCUT2D eigenvalue weighted by Crippen LogP contribution is -2.21. The molecule has 0 heterocycles. The maximum atomic E-state index is 12.4. The van der Waals surface area contributed by atoms with E-state index in [1.165, 1.54) is 24.8 Å². The van der Waals surface area contributed by atoms with E-state index < -0.39 is 6.61 Å². The first-order chi connectivity index (χ1) is 9.66. The van der Waals surface area contributed by atoms with Crippen LogP contribution in [0.3, 0.4) is 0 Å². The summed E-state index contributed by atoms with van der Waals surface area (Å²) in [6.45, 7) is 0.0409. The van der Waals surface area contributed by atoms with Crippen LogP contribution in [-0.4, -0.2) is 13.2 Å². The van der Waals surface area contributed by atoms with Crippen LogP contribution in [-0.2, 0) is 0 Å². The molecule has 0 saturated heterocycles. The Labute approximate surface area is 118 Å². The summed E-state index contributed by atoms with van der Waals surface area (Å²) in [6, 6.07) is 6.94. The third-order valence-corrected chi connectivity index (χ3v) is 3.63. The van der Waals surface area contributed by atoms with Gasteiger partial charge in [0.15, 0.2) is 0 Å². The highest BCUT2D eigenvalue weighted by Gasteiger charge is 2.14. The number of allylic oxidation sites excluding steroid dienone is 1. The number of para-hydroxylation sites is 1. The second kappa shape index (κ2) is 7.39. The first kappa shape index (κ1) is 15.0. The Kier molecular flexibility index (Phi) is 5.53. The highest BCUT2D eigenvalue weighted by Crippen LogP contribution is 2.26. The molecule has 1 N–H and O–H groups in total. The van der Waals surface area contributed by atoms with E-state index in [9.17, 15) is 8.78 Å². The monoisotopic (exact) mass is 281 g/mol. The van der Waals surface area contributed by atoms with Crippen molar-refractivity contribution in [2.45, 2.75) is 45.3 Å². The number of halogens is 2. The molecule has 0 amide bonds. The van der Waals surface area contributed by atoms with Crippen LogP contribution in [0, 0.1) is 0 Å². The Morgan fingerprint density at radius 2 is 2.10 bits per heavy atom. The van der Waals surface area contributed by atoms with Gasteiger partial charge in [-0.2, -0.15) is 8.78 Å². The van der Waals surface area contributed by atoms with Crippen molar-refractivity contribution in [1.82, 2.24) is 5.32 Å². The highest BCUT2D eigenvalue weighted by molar-refractivity contribution is 5.35. The van der Waals surface area contributed by atoms with E-state index in [1.54, 1.807) is 12.1 Å². The molecule has 0 radical (unpaired) electrons. The molecular weight excluding hydrogens is 260 g/mol. The van der Waals surface area contributed by atoms with Crippen LogP contribution in [0.1, 0.15) is 44.2 Å². The predicted octanol–water partition coefficient (Wildman–Crippen LogP) is 4.44. The third kappa shape index (κ3) is 4.30. The van der Waals surface area contributed by atoms with Crippen molar-refractivity contribution in [3.8, 4) is 5.75 Å². The molecule has 2 rings (SSSR count). The van der Waals surface area contributed by atoms with E-state index in [-0.39, 0.29) is 11.8 Å². The van der Waals surface area contributed by atoms with Crippen molar-refractivity contribution in [3.63, 3.8) is 0 Å². The summed E-state index contributed by atoms with van der Waals surface area (Å²) in [4.78, 5) is 0. The molecule has 0 fully saturated rings. The molecule has 1 aromatic rings. The van der Waals surface area contributed by atoms with Gasteiger partial charge in [0.25, 0.3) is 0 Å². The average Bonchev–Trinajstić information content (AvgIpc) is 2.91. The van der Waals surface area contributed by atoms with Crippen LogP contribution >= 0.6 is 0 Å². The van der Waals surface area contributed by atoms with Crippen LogP contribution in [0.2, 0.25) is 0 Å². The molecule has 1 atom stereocenters. The Hall–Kier alpha value is -1.42. The minimum Gasteiger partial charge on any atom is -0.434 e. The number of benzene rings is 1. The van der Waals surface area contributed by atoms with Crippen LogP contribution in [0.5, 0.6) is 5.75 Å². The molecule has 1 unspecified atom stereocenters. The zero-order chi connectivity index (χ0) is 14.4. The average molecular weight is 281 g/mol. The quantitative estimate of drug-likeness (QED) is 0.746. The maximum absolute atomic E-state index is 12.4. The van der Waals surface area contributed by atoms with E-state index in [0.29, 0.717) is 0 Å². The number of alkyl halides is 2. The van der Waals surface area contributed by atoms with Gasteiger partial charge < -0.3 is 10.1 Å². The summed E-state index contributed by atoms with van der Waals surface area (Å²) in [7, 11) is 0. The van der Waals surface area contributed by atoms with Crippen molar-refractivity contribution in [3.05, 3.63) is 41.5 Å². The fraction of sp³-hybridized carbons (Fsp3) is 0.500. The first-order valence-corrected chi connectivity index (χ1v) is 7.12. The van der Waals surface area contributed by atoms with Crippen molar-refractivity contribution in [2.75, 3.05) is 6.54 Å². The van der Waals surface area contributed by atoms with Gasteiger partial charge in [0, 0.05) is 11.6 Å². The zero-order valence-corrected chi connectivity index (χ0v) is 11.7. The summed E-state index contributed by atoms with van der Waals surface area (Å²) in [6.07, 6.45) is 6.98. The summed E-state index contributed by atoms with van der Waals surface area (Å²) in [5, 5.41) is 3.37. The zero-order valence-electron chi connectivity index (χ0n) is 11.7. The van der Waals surface area contributed by atoms with Gasteiger partial charge >= 0.3 is 6.61 Å². The molecular formula is C16H21F2NO. The Morgan fingerprint density at radius 3 is 2.80 bits per heavy atom. The smallest absolute Gasteiger partial charge is 0.387 e. The van der Waals surface area contributed by atoms with E-state index >= 15 is 0 Å². The molecule has 1 aliphatic carbocycles. The third-order valence-electron chi connectivity index (χ3n) is 3.63. The molecule has 0 aromatic heterocycles. The van der Waals surface area contributed by atoms with E-state index in [2.05, 4.69) is 16.1 Å². The Balaban J connectivity index is 1.89. The normalized spacial score (nSPS) is 16.3. The number of rotatable bonds is 7. The van der Waals surface area contributed by atoms with Crippen molar-refractivity contribution in [2.24, 2.45) is 0 Å². The number of nitrogens with one attached hydrogen (secondary N) is 1. The van der Waals surface area contributed by atoms with Crippen LogP contribution in [0.4, 0.5) is 8.78 Å². The molecule has 0 saturated carbocycles. The molecule has 4 heteroatoms. The van der Waals surface area contributed by atoms with E-state index in [4.69, 9.17) is 0 Å². The van der Waals surface area contributed by atoms with Gasteiger partial charge in [-0.05, 0) is 45.2 Å². The van der Waals surface area contributed by atoms with Crippen LogP contribution in [0.25, 0.3) is 0 Å². The molecule has 110 valence electrons. The molecule has 0 aliphatic heterocycles. The van der Waals surface area contributed by atoms with Gasteiger partial charge in [-0.25, -0.2) is 0 Å². The van der Waals surface area contributed by atoms with Gasteiger partial charge in [-0.1, -0.05) is 29.8 Å². The number of ether oxygens (including phenoxy) is 1. The molecule has 0 bridgehead atoms. The van der Waals surface area contributed by atoms with Gasteiger partial charge in [0.05, 0.1) is 0 Å². The Morgan fingerprint density at radius 1 is 1.30 bits per heavy atom. The highest BCUT2D eigenvalue weighted by atomic mass is 19.3. The van der Waals surface area contributed by atoms with Crippen LogP contribution in [0.15, 0.2) is 35.9 Å². The number of hydrogen-bond donors (Lipinski definition) is 1. The van der Waals surface area contributed by atoms with Gasteiger partial charge in [0.1, 0.15) is 5.75 Å². The summed E-state index contributed by atoms with van der Waals surface area (Å²) in [5.74, 6) is 0.252. The lowest BCUT2D eigenvalue weighted by molar-refractivity contribution is -0.0506.